The van der Waals surface area contributed by atoms with E-state index in [1.165, 1.54) is 5.56 Å². The van der Waals surface area contributed by atoms with Gasteiger partial charge in [0.15, 0.2) is 0 Å². The fraction of sp³-hybridized carbons (Fsp3) is 0.533. The Labute approximate surface area is 104 Å². The minimum absolute atomic E-state index is 0.206. The van der Waals surface area contributed by atoms with Crippen molar-refractivity contribution in [1.82, 2.24) is 0 Å². The van der Waals surface area contributed by atoms with E-state index in [2.05, 4.69) is 6.07 Å². The zero-order chi connectivity index (χ0) is 12.7. The second kappa shape index (κ2) is 6.30. The summed E-state index contributed by atoms with van der Waals surface area (Å²) >= 11 is 0. The molecule has 0 aliphatic rings. The number of unbranched alkanes of at least 4 members (excludes halogenated alkanes) is 1. The number of nitriles is 1. The minimum Gasteiger partial charge on any atom is -0.493 e. The van der Waals surface area contributed by atoms with Crippen molar-refractivity contribution in [1.29, 1.82) is 5.26 Å². The summed E-state index contributed by atoms with van der Waals surface area (Å²) in [6.45, 7) is 6.74. The number of para-hydroxylation sites is 1. The topological polar surface area (TPSA) is 33.0 Å². The summed E-state index contributed by atoms with van der Waals surface area (Å²) in [6, 6.07) is 10.4. The predicted molar refractivity (Wildman–Crippen MR) is 69.9 cm³/mol. The number of benzene rings is 1. The molecule has 0 saturated carbocycles. The molecule has 1 aromatic rings. The number of rotatable bonds is 6. The highest BCUT2D eigenvalue weighted by atomic mass is 16.5. The van der Waals surface area contributed by atoms with E-state index in [0.29, 0.717) is 0 Å². The standard InChI is InChI=1S/C15H21NO/c1-13-8-4-5-9-14(13)17-11-7-6-10-15(2,3)12-16/h4-5,8-9H,6-7,10-11H2,1-3H3. The van der Waals surface area contributed by atoms with Crippen LogP contribution in [0.5, 0.6) is 5.75 Å². The zero-order valence-corrected chi connectivity index (χ0v) is 11.0. The van der Waals surface area contributed by atoms with Crippen LogP contribution in [0, 0.1) is 23.7 Å². The highest BCUT2D eigenvalue weighted by Crippen LogP contribution is 2.22. The molecule has 0 heterocycles. The third kappa shape index (κ3) is 4.91. The average Bonchev–Trinajstić information content (AvgIpc) is 2.31. The molecule has 0 unspecified atom stereocenters. The van der Waals surface area contributed by atoms with E-state index in [9.17, 15) is 0 Å². The highest BCUT2D eigenvalue weighted by molar-refractivity contribution is 5.31. The molecule has 2 heteroatoms. The van der Waals surface area contributed by atoms with Crippen LogP contribution in [0.4, 0.5) is 0 Å². The van der Waals surface area contributed by atoms with Crippen LogP contribution in [0.3, 0.4) is 0 Å². The van der Waals surface area contributed by atoms with E-state index in [0.717, 1.165) is 31.6 Å². The molecular weight excluding hydrogens is 210 g/mol. The van der Waals surface area contributed by atoms with Crippen LogP contribution in [-0.2, 0) is 0 Å². The monoisotopic (exact) mass is 231 g/mol. The first-order valence-electron chi connectivity index (χ1n) is 6.15. The fourth-order valence-electron chi connectivity index (χ4n) is 1.63. The van der Waals surface area contributed by atoms with Gasteiger partial charge in [-0.3, -0.25) is 0 Å². The number of hydrogen-bond donors (Lipinski definition) is 0. The van der Waals surface area contributed by atoms with Crippen molar-refractivity contribution in [2.75, 3.05) is 6.61 Å². The van der Waals surface area contributed by atoms with Crippen LogP contribution in [0.1, 0.15) is 38.7 Å². The molecule has 0 aliphatic carbocycles. The van der Waals surface area contributed by atoms with Gasteiger partial charge in [0.2, 0.25) is 0 Å². The lowest BCUT2D eigenvalue weighted by atomic mass is 9.89. The van der Waals surface area contributed by atoms with Gasteiger partial charge >= 0.3 is 0 Å². The molecule has 0 fully saturated rings. The Morgan fingerprint density at radius 1 is 1.24 bits per heavy atom. The Balaban J connectivity index is 2.22. The van der Waals surface area contributed by atoms with Crippen LogP contribution in [0.25, 0.3) is 0 Å². The first-order chi connectivity index (χ1) is 8.05. The van der Waals surface area contributed by atoms with Gasteiger partial charge in [-0.25, -0.2) is 0 Å². The van der Waals surface area contributed by atoms with Gasteiger partial charge in [-0.1, -0.05) is 18.2 Å². The number of hydrogen-bond acceptors (Lipinski definition) is 2. The molecule has 1 aromatic carbocycles. The largest absolute Gasteiger partial charge is 0.493 e. The molecule has 0 saturated heterocycles. The molecule has 0 N–H and O–H groups in total. The van der Waals surface area contributed by atoms with Crippen molar-refractivity contribution >= 4 is 0 Å². The van der Waals surface area contributed by atoms with Crippen molar-refractivity contribution in [3.05, 3.63) is 29.8 Å². The lowest BCUT2D eigenvalue weighted by Gasteiger charge is -2.14. The number of ether oxygens (including phenoxy) is 1. The maximum absolute atomic E-state index is 8.88. The van der Waals surface area contributed by atoms with Crippen molar-refractivity contribution in [3.8, 4) is 11.8 Å². The van der Waals surface area contributed by atoms with Crippen molar-refractivity contribution in [2.24, 2.45) is 5.41 Å². The number of nitrogens with zero attached hydrogens (tertiary/aromatic N) is 1. The van der Waals surface area contributed by atoms with Gasteiger partial charge in [0.1, 0.15) is 5.75 Å². The van der Waals surface area contributed by atoms with E-state index in [4.69, 9.17) is 10.00 Å². The Kier molecular flexibility index (Phi) is 5.03. The second-order valence-electron chi connectivity index (χ2n) is 5.07. The second-order valence-corrected chi connectivity index (χ2v) is 5.07. The van der Waals surface area contributed by atoms with Gasteiger partial charge in [0.05, 0.1) is 18.1 Å². The van der Waals surface area contributed by atoms with Gasteiger partial charge in [-0.05, 0) is 51.7 Å². The molecule has 0 bridgehead atoms. The van der Waals surface area contributed by atoms with Crippen LogP contribution >= 0.6 is 0 Å². The van der Waals surface area contributed by atoms with Gasteiger partial charge in [0, 0.05) is 0 Å². The molecule has 0 atom stereocenters. The quantitative estimate of drug-likeness (QED) is 0.691. The summed E-state index contributed by atoms with van der Waals surface area (Å²) in [6.07, 6.45) is 2.96. The van der Waals surface area contributed by atoms with Gasteiger partial charge in [0.25, 0.3) is 0 Å². The normalized spacial score (nSPS) is 10.9. The van der Waals surface area contributed by atoms with Crippen LogP contribution < -0.4 is 4.74 Å². The molecule has 0 radical (unpaired) electrons. The summed E-state index contributed by atoms with van der Waals surface area (Å²) in [7, 11) is 0. The van der Waals surface area contributed by atoms with Crippen LogP contribution in [0.2, 0.25) is 0 Å². The smallest absolute Gasteiger partial charge is 0.122 e. The van der Waals surface area contributed by atoms with Crippen molar-refractivity contribution < 1.29 is 4.74 Å². The molecule has 17 heavy (non-hydrogen) atoms. The molecule has 0 amide bonds. The van der Waals surface area contributed by atoms with E-state index in [-0.39, 0.29) is 5.41 Å². The SMILES string of the molecule is Cc1ccccc1OCCCCC(C)(C)C#N. The fourth-order valence-corrected chi connectivity index (χ4v) is 1.63. The summed E-state index contributed by atoms with van der Waals surface area (Å²) in [5, 5.41) is 8.88. The predicted octanol–water partition coefficient (Wildman–Crippen LogP) is 4.09. The molecule has 2 nitrogen and oxygen atoms in total. The Hall–Kier alpha value is -1.49. The Morgan fingerprint density at radius 2 is 1.94 bits per heavy atom. The molecule has 0 spiro atoms. The van der Waals surface area contributed by atoms with Crippen molar-refractivity contribution in [2.45, 2.75) is 40.0 Å². The highest BCUT2D eigenvalue weighted by Gasteiger charge is 2.15. The summed E-state index contributed by atoms with van der Waals surface area (Å²) in [5.41, 5.74) is 0.965. The lowest BCUT2D eigenvalue weighted by molar-refractivity contribution is 0.293. The Bertz CT molecular complexity index is 390. The maximum Gasteiger partial charge on any atom is 0.122 e. The van der Waals surface area contributed by atoms with E-state index in [1.807, 2.05) is 45.0 Å². The zero-order valence-electron chi connectivity index (χ0n) is 11.0. The van der Waals surface area contributed by atoms with E-state index < -0.39 is 0 Å². The average molecular weight is 231 g/mol. The lowest BCUT2D eigenvalue weighted by Crippen LogP contribution is -2.08. The third-order valence-electron chi connectivity index (χ3n) is 2.85. The third-order valence-corrected chi connectivity index (χ3v) is 2.85. The van der Waals surface area contributed by atoms with E-state index in [1.54, 1.807) is 0 Å². The molecule has 1 rings (SSSR count). The summed E-state index contributed by atoms with van der Waals surface area (Å²) in [4.78, 5) is 0. The van der Waals surface area contributed by atoms with Gasteiger partial charge in [-0.2, -0.15) is 5.26 Å². The molecule has 92 valence electrons. The number of aryl methyl sites for hydroxylation is 1. The molecular formula is C15H21NO. The Morgan fingerprint density at radius 3 is 2.59 bits per heavy atom. The van der Waals surface area contributed by atoms with Gasteiger partial charge < -0.3 is 4.74 Å². The van der Waals surface area contributed by atoms with Crippen molar-refractivity contribution in [3.63, 3.8) is 0 Å². The van der Waals surface area contributed by atoms with Crippen LogP contribution in [0.15, 0.2) is 24.3 Å². The minimum atomic E-state index is -0.206. The molecule has 0 aromatic heterocycles. The summed E-state index contributed by atoms with van der Waals surface area (Å²) in [5.74, 6) is 0.965. The summed E-state index contributed by atoms with van der Waals surface area (Å²) < 4.78 is 5.70. The van der Waals surface area contributed by atoms with Crippen LogP contribution in [-0.4, -0.2) is 6.61 Å². The van der Waals surface area contributed by atoms with E-state index >= 15 is 0 Å². The first kappa shape index (κ1) is 13.6. The maximum atomic E-state index is 8.88. The molecule has 0 aliphatic heterocycles. The first-order valence-corrected chi connectivity index (χ1v) is 6.15. The van der Waals surface area contributed by atoms with Gasteiger partial charge in [-0.15, -0.1) is 0 Å².